The molecule has 1 amide bonds. The van der Waals surface area contributed by atoms with Gasteiger partial charge in [-0.1, -0.05) is 54.5 Å². The van der Waals surface area contributed by atoms with Crippen molar-refractivity contribution in [2.24, 2.45) is 0 Å². The Bertz CT molecular complexity index is 810. The van der Waals surface area contributed by atoms with Crippen molar-refractivity contribution < 1.29 is 9.32 Å². The number of nitrogens with one attached hydrogen (secondary N) is 1. The predicted octanol–water partition coefficient (Wildman–Crippen LogP) is 3.79. The summed E-state index contributed by atoms with van der Waals surface area (Å²) >= 11 is 0. The van der Waals surface area contributed by atoms with E-state index in [9.17, 15) is 4.79 Å². The Balaban J connectivity index is 1.71. The largest absolute Gasteiger partial charge is 0.341 e. The van der Waals surface area contributed by atoms with Gasteiger partial charge in [0.1, 0.15) is 6.04 Å². The molecule has 3 aromatic rings. The maximum atomic E-state index is 12.2. The highest BCUT2D eigenvalue weighted by atomic mass is 16.5. The van der Waals surface area contributed by atoms with E-state index in [1.54, 1.807) is 12.1 Å². The Morgan fingerprint density at radius 2 is 1.83 bits per heavy atom. The number of aromatic nitrogens is 2. The third-order valence-corrected chi connectivity index (χ3v) is 3.82. The maximum absolute atomic E-state index is 12.2. The Morgan fingerprint density at radius 1 is 1.12 bits per heavy atom. The summed E-state index contributed by atoms with van der Waals surface area (Å²) in [6.45, 7) is 3.93. The fourth-order valence-electron chi connectivity index (χ4n) is 2.35. The lowest BCUT2D eigenvalue weighted by molar-refractivity contribution is 0.0932. The molecule has 0 radical (unpaired) electrons. The maximum Gasteiger partial charge on any atom is 0.251 e. The number of amides is 1. The molecule has 3 rings (SSSR count). The first-order valence-corrected chi connectivity index (χ1v) is 7.96. The summed E-state index contributed by atoms with van der Waals surface area (Å²) in [5, 5.41) is 6.87. The average molecular weight is 321 g/mol. The molecule has 0 aliphatic rings. The Hall–Kier alpha value is -2.95. The molecule has 1 heterocycles. The van der Waals surface area contributed by atoms with E-state index < -0.39 is 0 Å². The van der Waals surface area contributed by atoms with Crippen LogP contribution in [0.2, 0.25) is 0 Å². The second kappa shape index (κ2) is 7.08. The topological polar surface area (TPSA) is 68.0 Å². The van der Waals surface area contributed by atoms with Crippen LogP contribution in [-0.2, 0) is 6.42 Å². The number of hydrogen-bond acceptors (Lipinski definition) is 4. The molecule has 5 heteroatoms. The quantitative estimate of drug-likeness (QED) is 0.776. The van der Waals surface area contributed by atoms with Crippen LogP contribution in [0.5, 0.6) is 0 Å². The van der Waals surface area contributed by atoms with Gasteiger partial charge >= 0.3 is 0 Å². The van der Waals surface area contributed by atoms with Crippen LogP contribution in [0.3, 0.4) is 0 Å². The first-order chi connectivity index (χ1) is 11.7. The van der Waals surface area contributed by atoms with Crippen LogP contribution in [0.4, 0.5) is 0 Å². The van der Waals surface area contributed by atoms with E-state index in [4.69, 9.17) is 4.52 Å². The van der Waals surface area contributed by atoms with Crippen molar-refractivity contribution in [3.05, 3.63) is 71.6 Å². The van der Waals surface area contributed by atoms with Crippen molar-refractivity contribution in [1.82, 2.24) is 15.5 Å². The summed E-state index contributed by atoms with van der Waals surface area (Å²) in [5.41, 5.74) is 2.74. The SMILES string of the molecule is CCc1ccc(-c2noc(C(C)NC(=O)c3ccccc3)n2)cc1. The van der Waals surface area contributed by atoms with E-state index in [1.807, 2.05) is 49.4 Å². The minimum absolute atomic E-state index is 0.171. The Morgan fingerprint density at radius 3 is 2.50 bits per heavy atom. The van der Waals surface area contributed by atoms with Crippen molar-refractivity contribution in [2.45, 2.75) is 26.3 Å². The van der Waals surface area contributed by atoms with Crippen molar-refractivity contribution in [3.8, 4) is 11.4 Å². The number of rotatable bonds is 5. The second-order valence-corrected chi connectivity index (χ2v) is 5.57. The number of aryl methyl sites for hydroxylation is 1. The second-order valence-electron chi connectivity index (χ2n) is 5.57. The molecule has 0 saturated carbocycles. The molecule has 24 heavy (non-hydrogen) atoms. The number of nitrogens with zero attached hydrogens (tertiary/aromatic N) is 2. The molecule has 0 saturated heterocycles. The minimum Gasteiger partial charge on any atom is -0.341 e. The molecule has 1 aromatic heterocycles. The lowest BCUT2D eigenvalue weighted by atomic mass is 10.1. The zero-order chi connectivity index (χ0) is 16.9. The average Bonchev–Trinajstić information content (AvgIpc) is 3.13. The van der Waals surface area contributed by atoms with E-state index in [0.717, 1.165) is 12.0 Å². The highest BCUT2D eigenvalue weighted by Crippen LogP contribution is 2.19. The van der Waals surface area contributed by atoms with Gasteiger partial charge < -0.3 is 9.84 Å². The van der Waals surface area contributed by atoms with Crippen LogP contribution < -0.4 is 5.32 Å². The van der Waals surface area contributed by atoms with Gasteiger partial charge in [0.05, 0.1) is 0 Å². The third kappa shape index (κ3) is 3.51. The molecule has 0 aliphatic carbocycles. The highest BCUT2D eigenvalue weighted by Gasteiger charge is 2.18. The molecule has 0 aliphatic heterocycles. The van der Waals surface area contributed by atoms with Crippen LogP contribution >= 0.6 is 0 Å². The summed E-state index contributed by atoms with van der Waals surface area (Å²) in [5.74, 6) is 0.734. The lowest BCUT2D eigenvalue weighted by Crippen LogP contribution is -2.26. The van der Waals surface area contributed by atoms with Crippen LogP contribution in [-0.4, -0.2) is 16.0 Å². The van der Waals surface area contributed by atoms with E-state index >= 15 is 0 Å². The molecule has 0 spiro atoms. The molecule has 0 bridgehead atoms. The molecule has 5 nitrogen and oxygen atoms in total. The van der Waals surface area contributed by atoms with E-state index in [2.05, 4.69) is 22.4 Å². The number of carbonyl (C=O) groups is 1. The third-order valence-electron chi connectivity index (χ3n) is 3.82. The Kier molecular flexibility index (Phi) is 4.70. The van der Waals surface area contributed by atoms with Crippen LogP contribution in [0.15, 0.2) is 59.1 Å². The fourth-order valence-corrected chi connectivity index (χ4v) is 2.35. The molecule has 1 atom stereocenters. The standard InChI is InChI=1S/C19H19N3O2/c1-3-14-9-11-15(12-10-14)17-21-19(24-22-17)13(2)20-18(23)16-7-5-4-6-8-16/h4-13H,3H2,1-2H3,(H,20,23). The number of carbonyl (C=O) groups excluding carboxylic acids is 1. The summed E-state index contributed by atoms with van der Waals surface area (Å²) in [6, 6.07) is 16.7. The summed E-state index contributed by atoms with van der Waals surface area (Å²) in [4.78, 5) is 16.6. The van der Waals surface area contributed by atoms with Gasteiger partial charge in [-0.2, -0.15) is 4.98 Å². The van der Waals surface area contributed by atoms with Gasteiger partial charge in [-0.15, -0.1) is 0 Å². The normalized spacial score (nSPS) is 11.9. The zero-order valence-corrected chi connectivity index (χ0v) is 13.7. The molecule has 0 fully saturated rings. The van der Waals surface area contributed by atoms with E-state index in [-0.39, 0.29) is 11.9 Å². The van der Waals surface area contributed by atoms with Gasteiger partial charge in [0, 0.05) is 11.1 Å². The number of benzene rings is 2. The van der Waals surface area contributed by atoms with Crippen molar-refractivity contribution in [3.63, 3.8) is 0 Å². The van der Waals surface area contributed by atoms with E-state index in [1.165, 1.54) is 5.56 Å². The van der Waals surface area contributed by atoms with Gasteiger partial charge in [0.15, 0.2) is 0 Å². The smallest absolute Gasteiger partial charge is 0.251 e. The van der Waals surface area contributed by atoms with Crippen LogP contribution in [0, 0.1) is 0 Å². The number of hydrogen-bond donors (Lipinski definition) is 1. The first-order valence-electron chi connectivity index (χ1n) is 7.96. The lowest BCUT2D eigenvalue weighted by Gasteiger charge is -2.09. The van der Waals surface area contributed by atoms with Crippen molar-refractivity contribution in [1.29, 1.82) is 0 Å². The zero-order valence-electron chi connectivity index (χ0n) is 13.7. The minimum atomic E-state index is -0.367. The fraction of sp³-hybridized carbons (Fsp3) is 0.211. The molecular weight excluding hydrogens is 302 g/mol. The molecule has 2 aromatic carbocycles. The van der Waals surface area contributed by atoms with Gasteiger partial charge in [0.2, 0.25) is 11.7 Å². The molecular formula is C19H19N3O2. The van der Waals surface area contributed by atoms with Gasteiger partial charge in [-0.25, -0.2) is 0 Å². The van der Waals surface area contributed by atoms with Gasteiger partial charge in [0.25, 0.3) is 5.91 Å². The summed E-state index contributed by atoms with van der Waals surface area (Å²) < 4.78 is 5.30. The first kappa shape index (κ1) is 15.9. The predicted molar refractivity (Wildman–Crippen MR) is 91.4 cm³/mol. The van der Waals surface area contributed by atoms with Gasteiger partial charge in [-0.05, 0) is 31.0 Å². The molecule has 1 N–H and O–H groups in total. The van der Waals surface area contributed by atoms with Gasteiger partial charge in [-0.3, -0.25) is 4.79 Å². The monoisotopic (exact) mass is 321 g/mol. The van der Waals surface area contributed by atoms with Crippen LogP contribution in [0.1, 0.15) is 41.7 Å². The molecule has 1 unspecified atom stereocenters. The van der Waals surface area contributed by atoms with E-state index in [0.29, 0.717) is 17.3 Å². The molecule has 122 valence electrons. The highest BCUT2D eigenvalue weighted by molar-refractivity contribution is 5.94. The van der Waals surface area contributed by atoms with Crippen LogP contribution in [0.25, 0.3) is 11.4 Å². The van der Waals surface area contributed by atoms with Crippen molar-refractivity contribution >= 4 is 5.91 Å². The summed E-state index contributed by atoms with van der Waals surface area (Å²) in [6.07, 6.45) is 0.986. The Labute approximate surface area is 140 Å². The van der Waals surface area contributed by atoms with Crippen molar-refractivity contribution in [2.75, 3.05) is 0 Å². The summed E-state index contributed by atoms with van der Waals surface area (Å²) in [7, 11) is 0.